The number of ether oxygens (including phenoxy) is 3. The maximum atomic E-state index is 13.8. The lowest BCUT2D eigenvalue weighted by atomic mass is 10.1. The lowest BCUT2D eigenvalue weighted by Gasteiger charge is -2.37. The Hall–Kier alpha value is -2.34. The molecular formula is C26H36FN3O6. The predicted octanol–water partition coefficient (Wildman–Crippen LogP) is 1.47. The lowest BCUT2D eigenvalue weighted by Crippen LogP contribution is -2.52. The van der Waals surface area contributed by atoms with Gasteiger partial charge in [0, 0.05) is 57.9 Å². The average molecular weight is 506 g/mol. The number of hydrogen-bond acceptors (Lipinski definition) is 8. The van der Waals surface area contributed by atoms with Crippen LogP contribution in [0.2, 0.25) is 0 Å². The molecule has 9 nitrogen and oxygen atoms in total. The van der Waals surface area contributed by atoms with Crippen molar-refractivity contribution < 1.29 is 32.9 Å². The van der Waals surface area contributed by atoms with Crippen LogP contribution in [0.4, 0.5) is 4.39 Å². The number of nitrogens with zero attached hydrogens (tertiary/aromatic N) is 3. The zero-order chi connectivity index (χ0) is 25.2. The van der Waals surface area contributed by atoms with Gasteiger partial charge in [0.25, 0.3) is 5.91 Å². The standard InChI is InChI=1S/C26H36FN3O6/c27-22-4-1-3-21(15-22)26(32)30(7-6-28-8-12-33-13-9-28)18-25-17-29(10-14-36-25)16-23(31)19-34-20-24-5-2-11-35-24/h1-5,11,15,23,25,31H,6-10,12-14,16-20H2/t23-,25+/m1/s1. The minimum atomic E-state index is -0.648. The Balaban J connectivity index is 1.30. The number of amides is 1. The van der Waals surface area contributed by atoms with Gasteiger partial charge in [0.1, 0.15) is 18.2 Å². The SMILES string of the molecule is O=C(c1cccc(F)c1)N(CCN1CCOCC1)C[C@@H]1CN(C[C@@H](O)COCc2ccco2)CCO1. The number of halogens is 1. The zero-order valence-electron chi connectivity index (χ0n) is 20.6. The predicted molar refractivity (Wildman–Crippen MR) is 130 cm³/mol. The number of benzene rings is 1. The van der Waals surface area contributed by atoms with E-state index in [-0.39, 0.29) is 18.6 Å². The van der Waals surface area contributed by atoms with E-state index < -0.39 is 11.9 Å². The highest BCUT2D eigenvalue weighted by Gasteiger charge is 2.27. The van der Waals surface area contributed by atoms with Gasteiger partial charge < -0.3 is 28.6 Å². The second-order valence-electron chi connectivity index (χ2n) is 9.22. The van der Waals surface area contributed by atoms with Crippen LogP contribution in [0.5, 0.6) is 0 Å². The second kappa shape index (κ2) is 13.8. The van der Waals surface area contributed by atoms with Crippen molar-refractivity contribution in [2.24, 2.45) is 0 Å². The Kier molecular flexibility index (Phi) is 10.3. The number of hydrogen-bond donors (Lipinski definition) is 1. The number of carbonyl (C=O) groups excluding carboxylic acids is 1. The van der Waals surface area contributed by atoms with E-state index >= 15 is 0 Å². The molecule has 2 fully saturated rings. The quantitative estimate of drug-likeness (QED) is 0.464. The van der Waals surface area contributed by atoms with Gasteiger partial charge in [-0.1, -0.05) is 6.07 Å². The molecule has 0 unspecified atom stereocenters. The molecule has 2 atom stereocenters. The Morgan fingerprint density at radius 3 is 2.78 bits per heavy atom. The number of aliphatic hydroxyl groups is 1. The molecule has 2 aliphatic heterocycles. The first kappa shape index (κ1) is 26.7. The molecule has 2 aromatic rings. The van der Waals surface area contributed by atoms with Gasteiger partial charge >= 0.3 is 0 Å². The fourth-order valence-electron chi connectivity index (χ4n) is 4.51. The monoisotopic (exact) mass is 505 g/mol. The van der Waals surface area contributed by atoms with Crippen molar-refractivity contribution in [2.45, 2.75) is 18.8 Å². The Bertz CT molecular complexity index is 924. The summed E-state index contributed by atoms with van der Waals surface area (Å²) in [5.41, 5.74) is 0.328. The minimum Gasteiger partial charge on any atom is -0.467 e. The minimum absolute atomic E-state index is 0.201. The molecule has 36 heavy (non-hydrogen) atoms. The summed E-state index contributed by atoms with van der Waals surface area (Å²) in [5, 5.41) is 10.4. The molecule has 0 bridgehead atoms. The van der Waals surface area contributed by atoms with Gasteiger partial charge in [0.15, 0.2) is 0 Å². The van der Waals surface area contributed by atoms with Crippen molar-refractivity contribution in [1.82, 2.24) is 14.7 Å². The summed E-state index contributed by atoms with van der Waals surface area (Å²) < 4.78 is 36.0. The van der Waals surface area contributed by atoms with Gasteiger partial charge in [-0.05, 0) is 30.3 Å². The van der Waals surface area contributed by atoms with Crippen molar-refractivity contribution >= 4 is 5.91 Å². The topological polar surface area (TPSA) is 87.9 Å². The van der Waals surface area contributed by atoms with Crippen LogP contribution in [0, 0.1) is 5.82 Å². The van der Waals surface area contributed by atoms with E-state index in [1.807, 2.05) is 6.07 Å². The van der Waals surface area contributed by atoms with Gasteiger partial charge in [-0.3, -0.25) is 14.6 Å². The summed E-state index contributed by atoms with van der Waals surface area (Å²) in [7, 11) is 0. The molecule has 2 aliphatic rings. The first-order valence-electron chi connectivity index (χ1n) is 12.5. The first-order chi connectivity index (χ1) is 17.6. The van der Waals surface area contributed by atoms with Crippen molar-refractivity contribution in [3.63, 3.8) is 0 Å². The molecule has 0 radical (unpaired) electrons. The number of β-amino-alcohol motifs (C(OH)–C–C–N with tert-alkyl or cyclic N) is 1. The van der Waals surface area contributed by atoms with Crippen LogP contribution in [-0.4, -0.2) is 117 Å². The number of furan rings is 1. The maximum Gasteiger partial charge on any atom is 0.254 e. The average Bonchev–Trinajstić information content (AvgIpc) is 3.40. The molecule has 0 saturated carbocycles. The van der Waals surface area contributed by atoms with Crippen LogP contribution < -0.4 is 0 Å². The van der Waals surface area contributed by atoms with Crippen molar-refractivity contribution in [2.75, 3.05) is 78.8 Å². The van der Waals surface area contributed by atoms with E-state index in [9.17, 15) is 14.3 Å². The molecule has 4 rings (SSSR count). The van der Waals surface area contributed by atoms with Crippen molar-refractivity contribution in [3.8, 4) is 0 Å². The maximum absolute atomic E-state index is 13.8. The third-order valence-corrected chi connectivity index (χ3v) is 6.40. The largest absolute Gasteiger partial charge is 0.467 e. The highest BCUT2D eigenvalue weighted by Crippen LogP contribution is 2.13. The molecule has 2 saturated heterocycles. The fourth-order valence-corrected chi connectivity index (χ4v) is 4.51. The molecule has 10 heteroatoms. The molecular weight excluding hydrogens is 469 g/mol. The molecule has 1 aromatic carbocycles. The molecule has 1 aromatic heterocycles. The summed E-state index contributed by atoms with van der Waals surface area (Å²) in [5.74, 6) is 0.0703. The molecule has 198 valence electrons. The second-order valence-corrected chi connectivity index (χ2v) is 9.22. The van der Waals surface area contributed by atoms with E-state index in [0.29, 0.717) is 77.0 Å². The highest BCUT2D eigenvalue weighted by molar-refractivity contribution is 5.94. The number of aliphatic hydroxyl groups excluding tert-OH is 1. The molecule has 3 heterocycles. The van der Waals surface area contributed by atoms with Gasteiger partial charge in [-0.15, -0.1) is 0 Å². The van der Waals surface area contributed by atoms with Crippen LogP contribution in [-0.2, 0) is 20.8 Å². The van der Waals surface area contributed by atoms with Crippen LogP contribution in [0.15, 0.2) is 47.1 Å². The fraction of sp³-hybridized carbons (Fsp3) is 0.577. The Morgan fingerprint density at radius 2 is 2.00 bits per heavy atom. The van der Waals surface area contributed by atoms with E-state index in [2.05, 4.69) is 9.80 Å². The normalized spacial score (nSPS) is 20.3. The molecule has 0 spiro atoms. The summed E-state index contributed by atoms with van der Waals surface area (Å²) >= 11 is 0. The van der Waals surface area contributed by atoms with Crippen LogP contribution in [0.1, 0.15) is 16.1 Å². The number of carbonyl (C=O) groups is 1. The highest BCUT2D eigenvalue weighted by atomic mass is 19.1. The third-order valence-electron chi connectivity index (χ3n) is 6.40. The van der Waals surface area contributed by atoms with Crippen molar-refractivity contribution in [3.05, 3.63) is 59.8 Å². The van der Waals surface area contributed by atoms with Gasteiger partial charge in [-0.2, -0.15) is 0 Å². The van der Waals surface area contributed by atoms with E-state index in [0.717, 1.165) is 13.1 Å². The summed E-state index contributed by atoms with van der Waals surface area (Å²) in [6.07, 6.45) is 0.731. The Labute approximate surface area is 211 Å². The molecule has 1 N–H and O–H groups in total. The summed E-state index contributed by atoms with van der Waals surface area (Å²) in [4.78, 5) is 19.4. The van der Waals surface area contributed by atoms with E-state index in [1.54, 1.807) is 29.4 Å². The van der Waals surface area contributed by atoms with Gasteiger partial charge in [0.2, 0.25) is 0 Å². The molecule has 1 amide bonds. The summed E-state index contributed by atoms with van der Waals surface area (Å²) in [6.45, 7) is 7.40. The van der Waals surface area contributed by atoms with E-state index in [4.69, 9.17) is 18.6 Å². The number of rotatable bonds is 12. The van der Waals surface area contributed by atoms with E-state index in [1.165, 1.54) is 12.1 Å². The number of morpholine rings is 2. The van der Waals surface area contributed by atoms with Crippen molar-refractivity contribution in [1.29, 1.82) is 0 Å². The van der Waals surface area contributed by atoms with Crippen LogP contribution >= 0.6 is 0 Å². The molecule has 0 aliphatic carbocycles. The summed E-state index contributed by atoms with van der Waals surface area (Å²) in [6, 6.07) is 9.43. The first-order valence-corrected chi connectivity index (χ1v) is 12.5. The third kappa shape index (κ3) is 8.36. The van der Waals surface area contributed by atoms with Gasteiger partial charge in [-0.25, -0.2) is 4.39 Å². The zero-order valence-corrected chi connectivity index (χ0v) is 20.6. The Morgan fingerprint density at radius 1 is 1.17 bits per heavy atom. The lowest BCUT2D eigenvalue weighted by molar-refractivity contribution is -0.0610. The van der Waals surface area contributed by atoms with Gasteiger partial charge in [0.05, 0.1) is 44.9 Å². The smallest absolute Gasteiger partial charge is 0.254 e. The van der Waals surface area contributed by atoms with Crippen LogP contribution in [0.3, 0.4) is 0 Å². The van der Waals surface area contributed by atoms with Crippen LogP contribution in [0.25, 0.3) is 0 Å².